The molecule has 0 aliphatic heterocycles. The number of methoxy groups -OCH3 is 1. The molecule has 3 nitrogen and oxygen atoms in total. The summed E-state index contributed by atoms with van der Waals surface area (Å²) in [6.07, 6.45) is 1.50. The first-order valence-corrected chi connectivity index (χ1v) is 3.80. The Kier molecular flexibility index (Phi) is 5.43. The fourth-order valence-electron chi connectivity index (χ4n) is 0.580. The summed E-state index contributed by atoms with van der Waals surface area (Å²) < 4.78 is 4.42. The van der Waals surface area contributed by atoms with E-state index in [4.69, 9.17) is 5.73 Å². The third kappa shape index (κ3) is 3.74. The monoisotopic (exact) mass is 163 g/mol. The number of ether oxygens (including phenoxy) is 1. The minimum absolute atomic E-state index is 0.346. The molecule has 10 heavy (non-hydrogen) atoms. The van der Waals surface area contributed by atoms with Gasteiger partial charge in [0, 0.05) is 0 Å². The molecule has 0 aliphatic rings. The van der Waals surface area contributed by atoms with E-state index in [9.17, 15) is 4.79 Å². The van der Waals surface area contributed by atoms with Gasteiger partial charge in [0.25, 0.3) is 0 Å². The first kappa shape index (κ1) is 9.78. The molecule has 1 unspecified atom stereocenters. The number of esters is 1. The van der Waals surface area contributed by atoms with E-state index >= 15 is 0 Å². The molecular weight excluding hydrogens is 150 g/mol. The van der Waals surface area contributed by atoms with Crippen molar-refractivity contribution in [3.8, 4) is 0 Å². The van der Waals surface area contributed by atoms with Crippen molar-refractivity contribution in [1.29, 1.82) is 0 Å². The van der Waals surface area contributed by atoms with Crippen LogP contribution in [-0.4, -0.2) is 24.9 Å². The van der Waals surface area contributed by atoms with Crippen LogP contribution < -0.4 is 5.73 Å². The number of hydrogen-bond donors (Lipinski definition) is 2. The Morgan fingerprint density at radius 1 is 1.80 bits per heavy atom. The quantitative estimate of drug-likeness (QED) is 0.460. The fraction of sp³-hybridized carbons (Fsp3) is 0.833. The van der Waals surface area contributed by atoms with Crippen molar-refractivity contribution in [3.63, 3.8) is 0 Å². The van der Waals surface area contributed by atoms with Gasteiger partial charge in [0.15, 0.2) is 0 Å². The molecule has 0 spiro atoms. The van der Waals surface area contributed by atoms with E-state index < -0.39 is 6.04 Å². The zero-order valence-corrected chi connectivity index (χ0v) is 6.93. The Balaban J connectivity index is 3.41. The van der Waals surface area contributed by atoms with Gasteiger partial charge in [-0.15, -0.1) is 0 Å². The smallest absolute Gasteiger partial charge is 0.322 e. The maximum absolute atomic E-state index is 10.6. The van der Waals surface area contributed by atoms with E-state index in [2.05, 4.69) is 17.4 Å². The van der Waals surface area contributed by atoms with Gasteiger partial charge in [-0.1, -0.05) is 0 Å². The third-order valence-electron chi connectivity index (χ3n) is 1.18. The molecule has 0 radical (unpaired) electrons. The van der Waals surface area contributed by atoms with E-state index in [0.717, 1.165) is 12.2 Å². The predicted octanol–water partition coefficient (Wildman–Crippen LogP) is 0.197. The standard InChI is InChI=1S/C6H13NO2S/c1-9-6(8)5(7)3-2-4-10/h5,10H,2-4,7H2,1H3. The van der Waals surface area contributed by atoms with Crippen LogP contribution in [0.5, 0.6) is 0 Å². The minimum Gasteiger partial charge on any atom is -0.468 e. The first-order chi connectivity index (χ1) is 4.72. The Bertz CT molecular complexity index is 108. The summed E-state index contributed by atoms with van der Waals surface area (Å²) in [4.78, 5) is 10.6. The van der Waals surface area contributed by atoms with Crippen molar-refractivity contribution in [1.82, 2.24) is 0 Å². The number of thiol groups is 1. The van der Waals surface area contributed by atoms with E-state index in [-0.39, 0.29) is 5.97 Å². The van der Waals surface area contributed by atoms with E-state index in [1.807, 2.05) is 0 Å². The minimum atomic E-state index is -0.475. The molecule has 0 aromatic rings. The molecular formula is C6H13NO2S. The van der Waals surface area contributed by atoms with Crippen LogP contribution in [0, 0.1) is 0 Å². The van der Waals surface area contributed by atoms with Crippen molar-refractivity contribution < 1.29 is 9.53 Å². The van der Waals surface area contributed by atoms with Gasteiger partial charge in [0.1, 0.15) is 6.04 Å². The van der Waals surface area contributed by atoms with Gasteiger partial charge in [-0.25, -0.2) is 0 Å². The van der Waals surface area contributed by atoms with Crippen molar-refractivity contribution in [3.05, 3.63) is 0 Å². The lowest BCUT2D eigenvalue weighted by molar-refractivity contribution is -0.142. The summed E-state index contributed by atoms with van der Waals surface area (Å²) in [6, 6.07) is -0.475. The van der Waals surface area contributed by atoms with Crippen LogP contribution in [-0.2, 0) is 9.53 Å². The third-order valence-corrected chi connectivity index (χ3v) is 1.49. The first-order valence-electron chi connectivity index (χ1n) is 3.16. The summed E-state index contributed by atoms with van der Waals surface area (Å²) >= 11 is 3.99. The SMILES string of the molecule is COC(=O)C(N)CCCS. The second-order valence-corrected chi connectivity index (χ2v) is 2.44. The number of carbonyl (C=O) groups is 1. The van der Waals surface area contributed by atoms with Gasteiger partial charge in [-0.05, 0) is 18.6 Å². The van der Waals surface area contributed by atoms with E-state index in [1.165, 1.54) is 7.11 Å². The van der Waals surface area contributed by atoms with Gasteiger partial charge in [0.05, 0.1) is 7.11 Å². The number of hydrogen-bond acceptors (Lipinski definition) is 4. The molecule has 0 fully saturated rings. The van der Waals surface area contributed by atoms with E-state index in [0.29, 0.717) is 6.42 Å². The number of rotatable bonds is 4. The van der Waals surface area contributed by atoms with Crippen molar-refractivity contribution in [2.24, 2.45) is 5.73 Å². The molecule has 0 rings (SSSR count). The molecule has 0 aromatic heterocycles. The zero-order valence-electron chi connectivity index (χ0n) is 6.04. The average Bonchev–Trinajstić information content (AvgIpc) is 1.98. The highest BCUT2D eigenvalue weighted by atomic mass is 32.1. The summed E-state index contributed by atoms with van der Waals surface area (Å²) in [5.41, 5.74) is 5.41. The van der Waals surface area contributed by atoms with Gasteiger partial charge >= 0.3 is 5.97 Å². The van der Waals surface area contributed by atoms with Crippen LogP contribution in [0.15, 0.2) is 0 Å². The molecule has 0 bridgehead atoms. The van der Waals surface area contributed by atoms with Crippen LogP contribution in [0.3, 0.4) is 0 Å². The lowest BCUT2D eigenvalue weighted by Gasteiger charge is -2.06. The largest absolute Gasteiger partial charge is 0.468 e. The molecule has 2 N–H and O–H groups in total. The molecule has 0 aromatic carbocycles. The number of nitrogens with two attached hydrogens (primary N) is 1. The normalized spacial score (nSPS) is 12.7. The maximum atomic E-state index is 10.6. The Hall–Kier alpha value is -0.220. The Labute approximate surface area is 66.3 Å². The zero-order chi connectivity index (χ0) is 7.98. The van der Waals surface area contributed by atoms with Gasteiger partial charge in [-0.3, -0.25) is 4.79 Å². The Morgan fingerprint density at radius 3 is 2.80 bits per heavy atom. The van der Waals surface area contributed by atoms with E-state index in [1.54, 1.807) is 0 Å². The summed E-state index contributed by atoms with van der Waals surface area (Å²) in [5, 5.41) is 0. The molecule has 0 saturated heterocycles. The van der Waals surface area contributed by atoms with Crippen molar-refractivity contribution in [2.45, 2.75) is 18.9 Å². The molecule has 0 saturated carbocycles. The van der Waals surface area contributed by atoms with Crippen LogP contribution >= 0.6 is 12.6 Å². The van der Waals surface area contributed by atoms with Crippen molar-refractivity contribution in [2.75, 3.05) is 12.9 Å². The molecule has 1 atom stereocenters. The molecule has 60 valence electrons. The molecule has 0 aliphatic carbocycles. The second kappa shape index (κ2) is 5.56. The predicted molar refractivity (Wildman–Crippen MR) is 43.1 cm³/mol. The van der Waals surface area contributed by atoms with Gasteiger partial charge < -0.3 is 10.5 Å². The second-order valence-electron chi connectivity index (χ2n) is 2.00. The summed E-state index contributed by atoms with van der Waals surface area (Å²) in [7, 11) is 1.34. The van der Waals surface area contributed by atoms with Crippen LogP contribution in [0.2, 0.25) is 0 Å². The topological polar surface area (TPSA) is 52.3 Å². The molecule has 0 heterocycles. The lowest BCUT2D eigenvalue weighted by atomic mass is 10.2. The summed E-state index contributed by atoms with van der Waals surface area (Å²) in [6.45, 7) is 0. The molecule has 0 amide bonds. The highest BCUT2D eigenvalue weighted by Crippen LogP contribution is 1.97. The highest BCUT2D eigenvalue weighted by molar-refractivity contribution is 7.80. The summed E-state index contributed by atoms with van der Waals surface area (Å²) in [5.74, 6) is 0.409. The van der Waals surface area contributed by atoms with Crippen LogP contribution in [0.1, 0.15) is 12.8 Å². The van der Waals surface area contributed by atoms with Crippen LogP contribution in [0.4, 0.5) is 0 Å². The average molecular weight is 163 g/mol. The van der Waals surface area contributed by atoms with Crippen molar-refractivity contribution >= 4 is 18.6 Å². The fourth-order valence-corrected chi connectivity index (χ4v) is 0.763. The maximum Gasteiger partial charge on any atom is 0.322 e. The van der Waals surface area contributed by atoms with Gasteiger partial charge in [-0.2, -0.15) is 12.6 Å². The Morgan fingerprint density at radius 2 is 2.40 bits per heavy atom. The number of carbonyl (C=O) groups excluding carboxylic acids is 1. The molecule has 4 heteroatoms. The van der Waals surface area contributed by atoms with Crippen LogP contribution in [0.25, 0.3) is 0 Å². The highest BCUT2D eigenvalue weighted by Gasteiger charge is 2.11. The van der Waals surface area contributed by atoms with Gasteiger partial charge in [0.2, 0.25) is 0 Å². The lowest BCUT2D eigenvalue weighted by Crippen LogP contribution is -2.31.